The Kier molecular flexibility index (Phi) is 5.45. The van der Waals surface area contributed by atoms with E-state index in [0.717, 1.165) is 32.1 Å². The topological polar surface area (TPSA) is 66.8 Å². The van der Waals surface area contributed by atoms with Crippen molar-refractivity contribution in [1.82, 2.24) is 0 Å². The lowest BCUT2D eigenvalue weighted by molar-refractivity contribution is -0.0437. The fourth-order valence-corrected chi connectivity index (χ4v) is 3.19. The summed E-state index contributed by atoms with van der Waals surface area (Å²) in [6, 6.07) is 0. The van der Waals surface area contributed by atoms with Crippen molar-refractivity contribution >= 4 is 6.16 Å². The summed E-state index contributed by atoms with van der Waals surface area (Å²) in [5, 5.41) is 17.8. The maximum absolute atomic E-state index is 10.8. The molecule has 4 heteroatoms. The SMILES string of the molecule is CC(C)C1CCC(C)(CCCO)CC1OC(=O)O. The van der Waals surface area contributed by atoms with E-state index in [1.54, 1.807) is 0 Å². The third-order valence-corrected chi connectivity index (χ3v) is 4.30. The number of aliphatic hydroxyl groups is 1. The molecule has 2 N–H and O–H groups in total. The Morgan fingerprint density at radius 2 is 2.17 bits per heavy atom. The van der Waals surface area contributed by atoms with Crippen LogP contribution in [0.1, 0.15) is 52.9 Å². The maximum atomic E-state index is 10.8. The van der Waals surface area contributed by atoms with Gasteiger partial charge in [-0.15, -0.1) is 0 Å². The van der Waals surface area contributed by atoms with Gasteiger partial charge in [0.2, 0.25) is 0 Å². The van der Waals surface area contributed by atoms with Crippen LogP contribution < -0.4 is 0 Å². The van der Waals surface area contributed by atoms with Gasteiger partial charge in [-0.25, -0.2) is 4.79 Å². The Morgan fingerprint density at radius 1 is 1.50 bits per heavy atom. The zero-order valence-corrected chi connectivity index (χ0v) is 11.7. The van der Waals surface area contributed by atoms with E-state index >= 15 is 0 Å². The van der Waals surface area contributed by atoms with Crippen molar-refractivity contribution in [1.29, 1.82) is 0 Å². The minimum Gasteiger partial charge on any atom is -0.450 e. The standard InChI is InChI=1S/C14H26O4/c1-10(2)11-5-7-14(3,6-4-8-15)9-12(11)18-13(16)17/h10-12,15H,4-9H2,1-3H3,(H,16,17). The molecule has 0 amide bonds. The molecule has 1 fully saturated rings. The van der Waals surface area contributed by atoms with E-state index in [1.165, 1.54) is 0 Å². The second-order valence-corrected chi connectivity index (χ2v) is 6.21. The molecule has 0 aromatic rings. The number of rotatable bonds is 5. The van der Waals surface area contributed by atoms with Gasteiger partial charge in [0.1, 0.15) is 6.10 Å². The first kappa shape index (κ1) is 15.3. The van der Waals surface area contributed by atoms with E-state index in [9.17, 15) is 4.79 Å². The average molecular weight is 258 g/mol. The zero-order chi connectivity index (χ0) is 13.8. The third-order valence-electron chi connectivity index (χ3n) is 4.30. The van der Waals surface area contributed by atoms with Gasteiger partial charge in [-0.2, -0.15) is 0 Å². The summed E-state index contributed by atoms with van der Waals surface area (Å²) in [6.45, 7) is 6.63. The Hall–Kier alpha value is -0.770. The number of carboxylic acid groups (broad SMARTS) is 1. The minimum atomic E-state index is -1.17. The van der Waals surface area contributed by atoms with Gasteiger partial charge < -0.3 is 14.9 Å². The zero-order valence-electron chi connectivity index (χ0n) is 11.7. The van der Waals surface area contributed by atoms with Gasteiger partial charge >= 0.3 is 6.16 Å². The van der Waals surface area contributed by atoms with Gasteiger partial charge in [-0.05, 0) is 49.4 Å². The molecule has 0 aromatic carbocycles. The maximum Gasteiger partial charge on any atom is 0.506 e. The van der Waals surface area contributed by atoms with E-state index in [0.29, 0.717) is 11.8 Å². The molecule has 1 aliphatic rings. The highest BCUT2D eigenvalue weighted by Gasteiger charge is 2.40. The lowest BCUT2D eigenvalue weighted by Crippen LogP contribution is -2.40. The summed E-state index contributed by atoms with van der Waals surface area (Å²) in [5.74, 6) is 0.764. The Labute approximate surface area is 109 Å². The molecule has 0 saturated heterocycles. The predicted molar refractivity (Wildman–Crippen MR) is 69.5 cm³/mol. The van der Waals surface area contributed by atoms with Crippen LogP contribution in [0.25, 0.3) is 0 Å². The first-order chi connectivity index (χ1) is 8.38. The van der Waals surface area contributed by atoms with Crippen molar-refractivity contribution in [2.45, 2.75) is 59.0 Å². The normalized spacial score (nSPS) is 32.5. The van der Waals surface area contributed by atoms with Crippen molar-refractivity contribution in [3.05, 3.63) is 0 Å². The monoisotopic (exact) mass is 258 g/mol. The van der Waals surface area contributed by atoms with Crippen LogP contribution in [0.5, 0.6) is 0 Å². The van der Waals surface area contributed by atoms with Gasteiger partial charge in [-0.3, -0.25) is 0 Å². The van der Waals surface area contributed by atoms with Crippen molar-refractivity contribution in [2.24, 2.45) is 17.3 Å². The summed E-state index contributed by atoms with van der Waals surface area (Å²) >= 11 is 0. The molecule has 3 unspecified atom stereocenters. The summed E-state index contributed by atoms with van der Waals surface area (Å²) in [6.07, 6.45) is 3.24. The lowest BCUT2D eigenvalue weighted by Gasteiger charge is -2.43. The lowest BCUT2D eigenvalue weighted by atomic mass is 9.65. The molecule has 0 radical (unpaired) electrons. The van der Waals surface area contributed by atoms with Gasteiger partial charge in [0.15, 0.2) is 0 Å². The summed E-state index contributed by atoms with van der Waals surface area (Å²) in [5.41, 5.74) is 0.105. The molecule has 0 aliphatic heterocycles. The molecule has 106 valence electrons. The van der Waals surface area contributed by atoms with E-state index in [-0.39, 0.29) is 18.1 Å². The van der Waals surface area contributed by atoms with Crippen LogP contribution >= 0.6 is 0 Å². The van der Waals surface area contributed by atoms with Gasteiger partial charge in [0, 0.05) is 6.61 Å². The van der Waals surface area contributed by atoms with E-state index in [2.05, 4.69) is 20.8 Å². The number of carbonyl (C=O) groups is 1. The molecule has 1 saturated carbocycles. The summed E-state index contributed by atoms with van der Waals surface area (Å²) < 4.78 is 5.09. The summed E-state index contributed by atoms with van der Waals surface area (Å²) in [7, 11) is 0. The van der Waals surface area contributed by atoms with Crippen LogP contribution in [0.2, 0.25) is 0 Å². The smallest absolute Gasteiger partial charge is 0.450 e. The number of aliphatic hydroxyl groups excluding tert-OH is 1. The molecule has 18 heavy (non-hydrogen) atoms. The fraction of sp³-hybridized carbons (Fsp3) is 0.929. The first-order valence-electron chi connectivity index (χ1n) is 6.88. The first-order valence-corrected chi connectivity index (χ1v) is 6.88. The quantitative estimate of drug-likeness (QED) is 0.743. The van der Waals surface area contributed by atoms with Crippen LogP contribution in [0.4, 0.5) is 4.79 Å². The van der Waals surface area contributed by atoms with Crippen LogP contribution in [0, 0.1) is 17.3 Å². The van der Waals surface area contributed by atoms with Crippen molar-refractivity contribution in [2.75, 3.05) is 6.61 Å². The molecule has 4 nitrogen and oxygen atoms in total. The van der Waals surface area contributed by atoms with Crippen LogP contribution in [0.15, 0.2) is 0 Å². The van der Waals surface area contributed by atoms with Crippen LogP contribution in [-0.4, -0.2) is 29.1 Å². The Morgan fingerprint density at radius 3 is 2.67 bits per heavy atom. The Balaban J connectivity index is 2.68. The van der Waals surface area contributed by atoms with E-state index in [1.807, 2.05) is 0 Å². The highest BCUT2D eigenvalue weighted by molar-refractivity contribution is 5.57. The average Bonchev–Trinajstić information content (AvgIpc) is 2.25. The highest BCUT2D eigenvalue weighted by atomic mass is 16.7. The summed E-state index contributed by atoms with van der Waals surface area (Å²) in [4.78, 5) is 10.8. The number of ether oxygens (including phenoxy) is 1. The van der Waals surface area contributed by atoms with Gasteiger partial charge in [-0.1, -0.05) is 20.8 Å². The van der Waals surface area contributed by atoms with E-state index < -0.39 is 6.16 Å². The molecular formula is C14H26O4. The molecule has 1 aliphatic carbocycles. The van der Waals surface area contributed by atoms with Crippen molar-refractivity contribution in [3.8, 4) is 0 Å². The number of hydrogen-bond donors (Lipinski definition) is 2. The second-order valence-electron chi connectivity index (χ2n) is 6.21. The molecule has 0 aromatic heterocycles. The Bertz CT molecular complexity index is 277. The molecule has 0 spiro atoms. The van der Waals surface area contributed by atoms with Crippen molar-refractivity contribution in [3.63, 3.8) is 0 Å². The van der Waals surface area contributed by atoms with Gasteiger partial charge in [0.05, 0.1) is 0 Å². The molecule has 0 bridgehead atoms. The largest absolute Gasteiger partial charge is 0.506 e. The van der Waals surface area contributed by atoms with Crippen LogP contribution in [-0.2, 0) is 4.74 Å². The molecule has 1 rings (SSSR count). The second kappa shape index (κ2) is 6.41. The van der Waals surface area contributed by atoms with E-state index in [4.69, 9.17) is 14.9 Å². The highest BCUT2D eigenvalue weighted by Crippen LogP contribution is 2.45. The molecular weight excluding hydrogens is 232 g/mol. The van der Waals surface area contributed by atoms with Crippen molar-refractivity contribution < 1.29 is 19.7 Å². The third kappa shape index (κ3) is 4.16. The molecule has 0 heterocycles. The fourth-order valence-electron chi connectivity index (χ4n) is 3.19. The van der Waals surface area contributed by atoms with Crippen LogP contribution in [0.3, 0.4) is 0 Å². The molecule has 3 atom stereocenters. The number of hydrogen-bond acceptors (Lipinski definition) is 3. The predicted octanol–water partition coefficient (Wildman–Crippen LogP) is 3.28. The minimum absolute atomic E-state index is 0.105. The van der Waals surface area contributed by atoms with Gasteiger partial charge in [0.25, 0.3) is 0 Å².